The molecule has 5 nitrogen and oxygen atoms in total. The average molecular weight is 241 g/mol. The minimum absolute atomic E-state index is 0.00389. The molecular weight excluding hydrogens is 218 g/mol. The zero-order valence-electron chi connectivity index (χ0n) is 10.7. The molecule has 98 valence electrons. The summed E-state index contributed by atoms with van der Waals surface area (Å²) in [6.07, 6.45) is 2.17. The zero-order valence-corrected chi connectivity index (χ0v) is 10.7. The van der Waals surface area contributed by atoms with E-state index in [1.807, 2.05) is 13.8 Å². The van der Waals surface area contributed by atoms with Crippen molar-refractivity contribution in [3.05, 3.63) is 0 Å². The van der Waals surface area contributed by atoms with Crippen LogP contribution in [0.5, 0.6) is 0 Å². The van der Waals surface area contributed by atoms with E-state index in [0.717, 1.165) is 25.9 Å². The Labute approximate surface area is 103 Å². The third-order valence-corrected chi connectivity index (χ3v) is 3.10. The van der Waals surface area contributed by atoms with E-state index in [9.17, 15) is 9.59 Å². The van der Waals surface area contributed by atoms with E-state index in [2.05, 4.69) is 16.0 Å². The van der Waals surface area contributed by atoms with Crippen molar-refractivity contribution in [1.82, 2.24) is 16.0 Å². The van der Waals surface area contributed by atoms with Gasteiger partial charge in [0.05, 0.1) is 5.92 Å². The predicted octanol–water partition coefficient (Wildman–Crippen LogP) is 0.0169. The van der Waals surface area contributed by atoms with Gasteiger partial charge in [0.1, 0.15) is 0 Å². The molecule has 1 heterocycles. The molecular formula is C12H23N3O2. The Hall–Kier alpha value is -1.10. The summed E-state index contributed by atoms with van der Waals surface area (Å²) in [6.45, 7) is 6.09. The van der Waals surface area contributed by atoms with Crippen LogP contribution in [0, 0.1) is 5.92 Å². The van der Waals surface area contributed by atoms with Gasteiger partial charge in [0.25, 0.3) is 0 Å². The highest BCUT2D eigenvalue weighted by Crippen LogP contribution is 2.06. The number of hydrogen-bond donors (Lipinski definition) is 3. The summed E-state index contributed by atoms with van der Waals surface area (Å²) in [5.41, 5.74) is 0. The highest BCUT2D eigenvalue weighted by Gasteiger charge is 2.21. The molecule has 5 heteroatoms. The van der Waals surface area contributed by atoms with Crippen molar-refractivity contribution in [3.63, 3.8) is 0 Å². The predicted molar refractivity (Wildman–Crippen MR) is 66.5 cm³/mol. The fraction of sp³-hybridized carbons (Fsp3) is 0.833. The summed E-state index contributed by atoms with van der Waals surface area (Å²) in [5, 5.41) is 8.82. The van der Waals surface area contributed by atoms with E-state index in [1.54, 1.807) is 0 Å². The van der Waals surface area contributed by atoms with Crippen molar-refractivity contribution in [1.29, 1.82) is 0 Å². The molecule has 17 heavy (non-hydrogen) atoms. The summed E-state index contributed by atoms with van der Waals surface area (Å²) in [5.74, 6) is 0.142. The highest BCUT2D eigenvalue weighted by molar-refractivity contribution is 5.80. The van der Waals surface area contributed by atoms with Crippen molar-refractivity contribution < 1.29 is 9.59 Å². The summed E-state index contributed by atoms with van der Waals surface area (Å²) < 4.78 is 0. The van der Waals surface area contributed by atoms with Gasteiger partial charge in [-0.05, 0) is 26.3 Å². The fourth-order valence-corrected chi connectivity index (χ4v) is 1.77. The Kier molecular flexibility index (Phi) is 5.97. The van der Waals surface area contributed by atoms with Crippen molar-refractivity contribution in [3.8, 4) is 0 Å². The number of nitrogens with one attached hydrogen (secondary N) is 3. The van der Waals surface area contributed by atoms with Crippen LogP contribution in [0.15, 0.2) is 0 Å². The Morgan fingerprint density at radius 1 is 1.47 bits per heavy atom. The van der Waals surface area contributed by atoms with Crippen LogP contribution in [0.2, 0.25) is 0 Å². The van der Waals surface area contributed by atoms with Crippen LogP contribution in [-0.2, 0) is 9.59 Å². The van der Waals surface area contributed by atoms with Crippen molar-refractivity contribution in [2.24, 2.45) is 5.92 Å². The quantitative estimate of drug-likeness (QED) is 0.614. The molecule has 1 saturated heterocycles. The molecule has 2 amide bonds. The van der Waals surface area contributed by atoms with Gasteiger partial charge in [-0.2, -0.15) is 0 Å². The second kappa shape index (κ2) is 7.27. The maximum Gasteiger partial charge on any atom is 0.224 e. The molecule has 0 aromatic carbocycles. The molecule has 0 spiro atoms. The third-order valence-electron chi connectivity index (χ3n) is 3.10. The van der Waals surface area contributed by atoms with Crippen molar-refractivity contribution in [2.75, 3.05) is 19.6 Å². The van der Waals surface area contributed by atoms with Gasteiger partial charge in [0.2, 0.25) is 11.8 Å². The van der Waals surface area contributed by atoms with Gasteiger partial charge in [-0.3, -0.25) is 9.59 Å². The molecule has 3 N–H and O–H groups in total. The van der Waals surface area contributed by atoms with Gasteiger partial charge in [-0.25, -0.2) is 0 Å². The summed E-state index contributed by atoms with van der Waals surface area (Å²) in [4.78, 5) is 23.1. The standard InChI is InChI=1S/C12H23N3O2/c1-3-9(2)15-11(16)5-7-14-12(17)10-4-6-13-8-10/h9-10,13H,3-8H2,1-2H3,(H,14,17)(H,15,16). The smallest absolute Gasteiger partial charge is 0.224 e. The first-order valence-corrected chi connectivity index (χ1v) is 6.41. The first-order chi connectivity index (χ1) is 8.13. The van der Waals surface area contributed by atoms with Crippen LogP contribution in [0.4, 0.5) is 0 Å². The molecule has 1 aliphatic rings. The van der Waals surface area contributed by atoms with E-state index in [0.29, 0.717) is 13.0 Å². The number of carbonyl (C=O) groups excluding carboxylic acids is 2. The number of hydrogen-bond acceptors (Lipinski definition) is 3. The molecule has 0 bridgehead atoms. The second-order valence-corrected chi connectivity index (χ2v) is 4.61. The van der Waals surface area contributed by atoms with E-state index in [-0.39, 0.29) is 23.8 Å². The van der Waals surface area contributed by atoms with Gasteiger partial charge in [0.15, 0.2) is 0 Å². The molecule has 0 radical (unpaired) electrons. The van der Waals surface area contributed by atoms with Gasteiger partial charge in [-0.15, -0.1) is 0 Å². The molecule has 2 unspecified atom stereocenters. The molecule has 0 saturated carbocycles. The number of rotatable bonds is 6. The topological polar surface area (TPSA) is 70.2 Å². The lowest BCUT2D eigenvalue weighted by molar-refractivity contribution is -0.124. The van der Waals surface area contributed by atoms with Gasteiger partial charge < -0.3 is 16.0 Å². The zero-order chi connectivity index (χ0) is 12.7. The maximum atomic E-state index is 11.6. The second-order valence-electron chi connectivity index (χ2n) is 4.61. The summed E-state index contributed by atoms with van der Waals surface area (Å²) >= 11 is 0. The number of carbonyl (C=O) groups is 2. The molecule has 2 atom stereocenters. The van der Waals surface area contributed by atoms with E-state index >= 15 is 0 Å². The summed E-state index contributed by atoms with van der Waals surface area (Å²) in [6, 6.07) is 0.206. The van der Waals surface area contributed by atoms with Crippen LogP contribution in [-0.4, -0.2) is 37.5 Å². The largest absolute Gasteiger partial charge is 0.355 e. The van der Waals surface area contributed by atoms with Crippen LogP contribution < -0.4 is 16.0 Å². The van der Waals surface area contributed by atoms with Gasteiger partial charge in [0, 0.05) is 25.6 Å². The van der Waals surface area contributed by atoms with Crippen LogP contribution >= 0.6 is 0 Å². The van der Waals surface area contributed by atoms with Crippen LogP contribution in [0.3, 0.4) is 0 Å². The van der Waals surface area contributed by atoms with Gasteiger partial charge >= 0.3 is 0 Å². The SMILES string of the molecule is CCC(C)NC(=O)CCNC(=O)C1CCNC1. The number of amides is 2. The summed E-state index contributed by atoms with van der Waals surface area (Å²) in [7, 11) is 0. The monoisotopic (exact) mass is 241 g/mol. The Balaban J connectivity index is 2.10. The Morgan fingerprint density at radius 2 is 2.24 bits per heavy atom. The lowest BCUT2D eigenvalue weighted by atomic mass is 10.1. The lowest BCUT2D eigenvalue weighted by Gasteiger charge is -2.12. The van der Waals surface area contributed by atoms with Gasteiger partial charge in [-0.1, -0.05) is 6.92 Å². The Bertz CT molecular complexity index is 262. The molecule has 0 aliphatic carbocycles. The van der Waals surface area contributed by atoms with Crippen molar-refractivity contribution in [2.45, 2.75) is 39.2 Å². The average Bonchev–Trinajstić information content (AvgIpc) is 2.82. The Morgan fingerprint density at radius 3 is 2.82 bits per heavy atom. The first-order valence-electron chi connectivity index (χ1n) is 6.41. The molecule has 1 fully saturated rings. The normalized spacial score (nSPS) is 20.9. The van der Waals surface area contributed by atoms with Crippen LogP contribution in [0.25, 0.3) is 0 Å². The molecule has 1 rings (SSSR count). The molecule has 0 aromatic heterocycles. The minimum Gasteiger partial charge on any atom is -0.355 e. The fourth-order valence-electron chi connectivity index (χ4n) is 1.77. The molecule has 1 aliphatic heterocycles. The highest BCUT2D eigenvalue weighted by atomic mass is 16.2. The maximum absolute atomic E-state index is 11.6. The van der Waals surface area contributed by atoms with Crippen LogP contribution in [0.1, 0.15) is 33.1 Å². The lowest BCUT2D eigenvalue weighted by Crippen LogP contribution is -2.37. The van der Waals surface area contributed by atoms with E-state index in [1.165, 1.54) is 0 Å². The van der Waals surface area contributed by atoms with E-state index in [4.69, 9.17) is 0 Å². The first kappa shape index (κ1) is 14.0. The minimum atomic E-state index is 0.00389. The molecule has 0 aromatic rings. The van der Waals surface area contributed by atoms with E-state index < -0.39 is 0 Å². The van der Waals surface area contributed by atoms with Crippen molar-refractivity contribution >= 4 is 11.8 Å². The third kappa shape index (κ3) is 5.17.